The Morgan fingerprint density at radius 2 is 2.22 bits per heavy atom. The molecule has 1 nitrogen and oxygen atoms in total. The molecule has 1 fully saturated rings. The highest BCUT2D eigenvalue weighted by Gasteiger charge is 2.41. The maximum atomic E-state index is 10.4. The molecule has 1 heteroatoms. The largest absolute Gasteiger partial charge is 0.303 e. The highest BCUT2D eigenvalue weighted by Crippen LogP contribution is 2.47. The first-order chi connectivity index (χ1) is 4.33. The predicted molar refractivity (Wildman–Crippen MR) is 37.3 cm³/mol. The van der Waals surface area contributed by atoms with Gasteiger partial charge in [0.2, 0.25) is 0 Å². The molecule has 0 amide bonds. The Morgan fingerprint density at radius 1 is 1.56 bits per heavy atom. The van der Waals surface area contributed by atoms with Crippen LogP contribution in [-0.2, 0) is 4.79 Å². The van der Waals surface area contributed by atoms with Crippen LogP contribution in [0.1, 0.15) is 39.0 Å². The fourth-order valence-electron chi connectivity index (χ4n) is 1.12. The van der Waals surface area contributed by atoms with Crippen molar-refractivity contribution in [2.24, 2.45) is 5.41 Å². The topological polar surface area (TPSA) is 17.1 Å². The molecule has 0 atom stereocenters. The molecule has 52 valence electrons. The summed E-state index contributed by atoms with van der Waals surface area (Å²) < 4.78 is 0. The van der Waals surface area contributed by atoms with Crippen LogP contribution in [0.15, 0.2) is 0 Å². The number of unbranched alkanes of at least 4 members (excludes halogenated alkanes) is 1. The molecule has 0 saturated heterocycles. The number of rotatable bonds is 4. The third kappa shape index (κ3) is 1.54. The van der Waals surface area contributed by atoms with Gasteiger partial charge in [-0.15, -0.1) is 0 Å². The number of carbonyl (C=O) groups excluding carboxylic acids is 1. The van der Waals surface area contributed by atoms with Gasteiger partial charge in [-0.3, -0.25) is 0 Å². The van der Waals surface area contributed by atoms with E-state index >= 15 is 0 Å². The molecule has 1 rings (SSSR count). The molecule has 0 spiro atoms. The molecular weight excluding hydrogens is 112 g/mol. The molecule has 0 aromatic rings. The van der Waals surface area contributed by atoms with Gasteiger partial charge in [-0.05, 0) is 19.3 Å². The summed E-state index contributed by atoms with van der Waals surface area (Å²) in [7, 11) is 0. The quantitative estimate of drug-likeness (QED) is 0.527. The summed E-state index contributed by atoms with van der Waals surface area (Å²) in [5.41, 5.74) is 0.163. The molecule has 1 aliphatic carbocycles. The summed E-state index contributed by atoms with van der Waals surface area (Å²) in [6.07, 6.45) is 7.02. The van der Waals surface area contributed by atoms with Gasteiger partial charge in [-0.2, -0.15) is 0 Å². The number of carbonyl (C=O) groups is 1. The number of hydrogen-bond acceptors (Lipinski definition) is 1. The van der Waals surface area contributed by atoms with Crippen LogP contribution in [0.2, 0.25) is 0 Å². The molecule has 0 bridgehead atoms. The van der Waals surface area contributed by atoms with Gasteiger partial charge in [0.15, 0.2) is 0 Å². The van der Waals surface area contributed by atoms with Gasteiger partial charge in [-0.25, -0.2) is 0 Å². The van der Waals surface area contributed by atoms with Gasteiger partial charge in [-0.1, -0.05) is 19.8 Å². The Labute approximate surface area is 56.4 Å². The second kappa shape index (κ2) is 2.51. The fourth-order valence-corrected chi connectivity index (χ4v) is 1.12. The zero-order valence-electron chi connectivity index (χ0n) is 6.02. The predicted octanol–water partition coefficient (Wildman–Crippen LogP) is 2.16. The van der Waals surface area contributed by atoms with Crippen LogP contribution < -0.4 is 0 Å². The second-order valence-corrected chi connectivity index (χ2v) is 3.08. The minimum absolute atomic E-state index is 0.163. The third-order valence-electron chi connectivity index (χ3n) is 2.17. The van der Waals surface area contributed by atoms with E-state index in [1.807, 2.05) is 0 Å². The summed E-state index contributed by atoms with van der Waals surface area (Å²) in [5.74, 6) is 0. The van der Waals surface area contributed by atoms with E-state index in [4.69, 9.17) is 0 Å². The maximum absolute atomic E-state index is 10.4. The minimum Gasteiger partial charge on any atom is -0.303 e. The van der Waals surface area contributed by atoms with Crippen LogP contribution in [-0.4, -0.2) is 6.29 Å². The Kier molecular flexibility index (Phi) is 1.89. The van der Waals surface area contributed by atoms with Crippen LogP contribution in [0.4, 0.5) is 0 Å². The van der Waals surface area contributed by atoms with Gasteiger partial charge >= 0.3 is 0 Å². The van der Waals surface area contributed by atoms with Gasteiger partial charge in [0.05, 0.1) is 0 Å². The Balaban J connectivity index is 2.17. The average Bonchev–Trinajstić information content (AvgIpc) is 2.65. The first kappa shape index (κ1) is 6.79. The normalized spacial score (nSPS) is 21.4. The van der Waals surface area contributed by atoms with E-state index in [-0.39, 0.29) is 5.41 Å². The monoisotopic (exact) mass is 126 g/mol. The molecular formula is C8H14O. The average molecular weight is 126 g/mol. The molecule has 0 aromatic carbocycles. The van der Waals surface area contributed by atoms with E-state index in [0.717, 1.165) is 25.5 Å². The van der Waals surface area contributed by atoms with Crippen molar-refractivity contribution in [2.45, 2.75) is 39.0 Å². The molecule has 1 aliphatic rings. The van der Waals surface area contributed by atoms with E-state index in [2.05, 4.69) is 6.92 Å². The first-order valence-electron chi connectivity index (χ1n) is 3.79. The molecule has 0 N–H and O–H groups in total. The van der Waals surface area contributed by atoms with Crippen LogP contribution in [0.25, 0.3) is 0 Å². The van der Waals surface area contributed by atoms with Crippen LogP contribution in [0.5, 0.6) is 0 Å². The lowest BCUT2D eigenvalue weighted by molar-refractivity contribution is -0.112. The van der Waals surface area contributed by atoms with Crippen molar-refractivity contribution in [1.82, 2.24) is 0 Å². The Morgan fingerprint density at radius 3 is 2.56 bits per heavy atom. The zero-order chi connectivity index (χ0) is 6.74. The van der Waals surface area contributed by atoms with Crippen LogP contribution >= 0.6 is 0 Å². The van der Waals surface area contributed by atoms with Gasteiger partial charge in [0.1, 0.15) is 6.29 Å². The molecule has 0 radical (unpaired) electrons. The van der Waals surface area contributed by atoms with Crippen molar-refractivity contribution in [3.63, 3.8) is 0 Å². The smallest absolute Gasteiger partial charge is 0.126 e. The first-order valence-corrected chi connectivity index (χ1v) is 3.79. The number of aldehydes is 1. The van der Waals surface area contributed by atoms with Crippen molar-refractivity contribution in [2.75, 3.05) is 0 Å². The van der Waals surface area contributed by atoms with E-state index < -0.39 is 0 Å². The van der Waals surface area contributed by atoms with E-state index in [1.165, 1.54) is 12.8 Å². The summed E-state index contributed by atoms with van der Waals surface area (Å²) in [6.45, 7) is 2.17. The highest BCUT2D eigenvalue weighted by molar-refractivity contribution is 5.63. The molecule has 0 aromatic heterocycles. The maximum Gasteiger partial charge on any atom is 0.126 e. The Bertz CT molecular complexity index is 103. The molecule has 1 saturated carbocycles. The van der Waals surface area contributed by atoms with Crippen molar-refractivity contribution in [3.8, 4) is 0 Å². The van der Waals surface area contributed by atoms with E-state index in [1.54, 1.807) is 0 Å². The Hall–Kier alpha value is -0.330. The lowest BCUT2D eigenvalue weighted by Gasteiger charge is -2.02. The number of hydrogen-bond donors (Lipinski definition) is 0. The second-order valence-electron chi connectivity index (χ2n) is 3.08. The summed E-state index contributed by atoms with van der Waals surface area (Å²) >= 11 is 0. The molecule has 9 heavy (non-hydrogen) atoms. The van der Waals surface area contributed by atoms with Crippen LogP contribution in [0.3, 0.4) is 0 Å². The standard InChI is InChI=1S/C8H14O/c1-2-3-4-8(7-9)5-6-8/h7H,2-6H2,1H3. The lowest BCUT2D eigenvalue weighted by atomic mass is 10.0. The van der Waals surface area contributed by atoms with E-state index in [9.17, 15) is 4.79 Å². The van der Waals surface area contributed by atoms with Gasteiger partial charge in [0, 0.05) is 5.41 Å². The fraction of sp³-hybridized carbons (Fsp3) is 0.875. The van der Waals surface area contributed by atoms with Crippen molar-refractivity contribution >= 4 is 6.29 Å². The molecule has 0 unspecified atom stereocenters. The highest BCUT2D eigenvalue weighted by atomic mass is 16.1. The van der Waals surface area contributed by atoms with Gasteiger partial charge in [0.25, 0.3) is 0 Å². The summed E-state index contributed by atoms with van der Waals surface area (Å²) in [5, 5.41) is 0. The van der Waals surface area contributed by atoms with E-state index in [0.29, 0.717) is 0 Å². The summed E-state index contributed by atoms with van der Waals surface area (Å²) in [6, 6.07) is 0. The van der Waals surface area contributed by atoms with Crippen molar-refractivity contribution in [3.05, 3.63) is 0 Å². The molecule has 0 heterocycles. The third-order valence-corrected chi connectivity index (χ3v) is 2.17. The van der Waals surface area contributed by atoms with Crippen molar-refractivity contribution < 1.29 is 4.79 Å². The van der Waals surface area contributed by atoms with Gasteiger partial charge < -0.3 is 4.79 Å². The lowest BCUT2D eigenvalue weighted by Crippen LogP contribution is -2.00. The SMILES string of the molecule is CCCCC1(C=O)CC1. The zero-order valence-corrected chi connectivity index (χ0v) is 6.02. The molecule has 0 aliphatic heterocycles. The summed E-state index contributed by atoms with van der Waals surface area (Å²) in [4.78, 5) is 10.4. The minimum atomic E-state index is 0.163. The van der Waals surface area contributed by atoms with Crippen molar-refractivity contribution in [1.29, 1.82) is 0 Å². The van der Waals surface area contributed by atoms with Crippen LogP contribution in [0, 0.1) is 5.41 Å².